The Balaban J connectivity index is 1.78. The Labute approximate surface area is 153 Å². The Morgan fingerprint density at radius 3 is 2.72 bits per heavy atom. The van der Waals surface area contributed by atoms with Gasteiger partial charge in [0.25, 0.3) is 0 Å². The minimum Gasteiger partial charge on any atom is -0.481 e. The molecule has 0 aliphatic heterocycles. The lowest BCUT2D eigenvalue weighted by atomic mass is 9.77. The summed E-state index contributed by atoms with van der Waals surface area (Å²) in [6, 6.07) is 0. The van der Waals surface area contributed by atoms with Crippen molar-refractivity contribution in [2.75, 3.05) is 0 Å². The first-order valence-corrected chi connectivity index (χ1v) is 10.3. The molecule has 0 aromatic carbocycles. The quantitative estimate of drug-likeness (QED) is 0.369. The number of carbonyl (C=O) groups is 1. The molecule has 2 bridgehead atoms. The lowest BCUT2D eigenvalue weighted by Crippen LogP contribution is -2.20. The van der Waals surface area contributed by atoms with Crippen molar-refractivity contribution in [2.24, 2.45) is 23.7 Å². The second-order valence-electron chi connectivity index (χ2n) is 8.02. The van der Waals surface area contributed by atoms with Crippen LogP contribution in [0.3, 0.4) is 0 Å². The van der Waals surface area contributed by atoms with Gasteiger partial charge in [0.15, 0.2) is 0 Å². The highest BCUT2D eigenvalue weighted by Gasteiger charge is 2.45. The molecular formula is C22H36O3. The van der Waals surface area contributed by atoms with Crippen LogP contribution in [0.15, 0.2) is 24.3 Å². The number of aliphatic carboxylic acids is 1. The van der Waals surface area contributed by atoms with E-state index in [4.69, 9.17) is 5.11 Å². The van der Waals surface area contributed by atoms with E-state index in [9.17, 15) is 9.90 Å². The van der Waals surface area contributed by atoms with E-state index in [0.717, 1.165) is 43.9 Å². The monoisotopic (exact) mass is 348 g/mol. The Morgan fingerprint density at radius 1 is 1.16 bits per heavy atom. The lowest BCUT2D eigenvalue weighted by Gasteiger charge is -2.28. The number of allylic oxidation sites excluding steroid dienone is 3. The van der Waals surface area contributed by atoms with E-state index in [1.807, 2.05) is 0 Å². The topological polar surface area (TPSA) is 57.5 Å². The van der Waals surface area contributed by atoms with Crippen LogP contribution in [-0.4, -0.2) is 22.3 Å². The first kappa shape index (κ1) is 20.2. The summed E-state index contributed by atoms with van der Waals surface area (Å²) >= 11 is 0. The molecule has 0 unspecified atom stereocenters. The number of carboxylic acid groups (broad SMARTS) is 1. The number of fused-ring (bicyclic) bond motifs is 2. The molecular weight excluding hydrogens is 312 g/mol. The van der Waals surface area contributed by atoms with Gasteiger partial charge in [-0.1, -0.05) is 50.5 Å². The van der Waals surface area contributed by atoms with Crippen molar-refractivity contribution in [3.63, 3.8) is 0 Å². The van der Waals surface area contributed by atoms with Crippen LogP contribution in [0.2, 0.25) is 0 Å². The minimum absolute atomic E-state index is 0.264. The van der Waals surface area contributed by atoms with E-state index in [1.54, 1.807) is 0 Å². The third-order valence-electron chi connectivity index (χ3n) is 6.15. The fraction of sp³-hybridized carbons (Fsp3) is 0.773. The molecule has 0 heterocycles. The molecule has 3 nitrogen and oxygen atoms in total. The van der Waals surface area contributed by atoms with Gasteiger partial charge >= 0.3 is 5.97 Å². The van der Waals surface area contributed by atoms with Crippen molar-refractivity contribution in [2.45, 2.75) is 83.7 Å². The molecule has 0 radical (unpaired) electrons. The second-order valence-corrected chi connectivity index (χ2v) is 8.02. The molecule has 2 aliphatic rings. The van der Waals surface area contributed by atoms with Crippen molar-refractivity contribution < 1.29 is 15.0 Å². The number of carboxylic acids is 1. The van der Waals surface area contributed by atoms with Gasteiger partial charge in [-0.25, -0.2) is 0 Å². The van der Waals surface area contributed by atoms with Gasteiger partial charge in [-0.2, -0.15) is 0 Å². The predicted octanol–water partition coefficient (Wildman–Crippen LogP) is 5.35. The molecule has 5 atom stereocenters. The average molecular weight is 349 g/mol. The van der Waals surface area contributed by atoms with E-state index >= 15 is 0 Å². The van der Waals surface area contributed by atoms with Gasteiger partial charge in [0.2, 0.25) is 0 Å². The summed E-state index contributed by atoms with van der Waals surface area (Å²) in [6.45, 7) is 2.19. The highest BCUT2D eigenvalue weighted by molar-refractivity contribution is 5.66. The summed E-state index contributed by atoms with van der Waals surface area (Å²) < 4.78 is 0. The molecule has 25 heavy (non-hydrogen) atoms. The van der Waals surface area contributed by atoms with Crippen molar-refractivity contribution in [3.05, 3.63) is 24.3 Å². The third-order valence-corrected chi connectivity index (χ3v) is 6.15. The van der Waals surface area contributed by atoms with Crippen molar-refractivity contribution >= 4 is 5.97 Å². The first-order chi connectivity index (χ1) is 12.1. The molecule has 2 N–H and O–H groups in total. The Morgan fingerprint density at radius 2 is 1.96 bits per heavy atom. The van der Waals surface area contributed by atoms with Gasteiger partial charge in [0.05, 0.1) is 6.10 Å². The van der Waals surface area contributed by atoms with Gasteiger partial charge in [-0.05, 0) is 68.6 Å². The summed E-state index contributed by atoms with van der Waals surface area (Å²) in [4.78, 5) is 10.5. The highest BCUT2D eigenvalue weighted by atomic mass is 16.4. The standard InChI is InChI=1S/C22H36O3/c1-2-3-6-9-19(23)14-15-21-18-13-12-17(16-18)20(21)10-7-4-5-8-11-22(24)25/h4,7,14-15,17-21,23H,2-3,5-6,8-13,16H2,1H3,(H,24,25)/b7-4-,15-14+/t17-,18+,19+,20-,21-/m0/s1. The van der Waals surface area contributed by atoms with Gasteiger partial charge < -0.3 is 10.2 Å². The minimum atomic E-state index is -0.704. The summed E-state index contributed by atoms with van der Waals surface area (Å²) in [5.41, 5.74) is 0. The van der Waals surface area contributed by atoms with Crippen LogP contribution in [0.4, 0.5) is 0 Å². The summed E-state index contributed by atoms with van der Waals surface area (Å²) in [7, 11) is 0. The fourth-order valence-electron chi connectivity index (χ4n) is 4.80. The van der Waals surface area contributed by atoms with Crippen molar-refractivity contribution in [1.82, 2.24) is 0 Å². The van der Waals surface area contributed by atoms with Crippen molar-refractivity contribution in [1.29, 1.82) is 0 Å². The molecule has 2 aliphatic carbocycles. The molecule has 0 amide bonds. The Hall–Kier alpha value is -1.09. The van der Waals surface area contributed by atoms with E-state index in [-0.39, 0.29) is 12.5 Å². The molecule has 0 saturated heterocycles. The second kappa shape index (κ2) is 10.8. The SMILES string of the molecule is CCCCC[C@@H](O)/C=C/[C@H]1[C@@H]2CC[C@@H](C2)[C@@H]1C/C=C\CCCC(=O)O. The van der Waals surface area contributed by atoms with E-state index in [1.165, 1.54) is 32.1 Å². The number of hydrogen-bond acceptors (Lipinski definition) is 2. The molecule has 0 aromatic rings. The lowest BCUT2D eigenvalue weighted by molar-refractivity contribution is -0.137. The number of unbranched alkanes of at least 4 members (excludes halogenated alkanes) is 3. The van der Waals surface area contributed by atoms with Gasteiger partial charge in [-0.15, -0.1) is 0 Å². The molecule has 0 spiro atoms. The average Bonchev–Trinajstić information content (AvgIpc) is 3.17. The molecule has 2 saturated carbocycles. The van der Waals surface area contributed by atoms with Gasteiger partial charge in [-0.3, -0.25) is 4.79 Å². The van der Waals surface area contributed by atoms with E-state index < -0.39 is 5.97 Å². The maximum absolute atomic E-state index is 10.5. The molecule has 2 rings (SSSR count). The molecule has 0 aromatic heterocycles. The number of aliphatic hydroxyl groups excluding tert-OH is 1. The molecule has 3 heteroatoms. The number of hydrogen-bond donors (Lipinski definition) is 2. The van der Waals surface area contributed by atoms with E-state index in [0.29, 0.717) is 11.8 Å². The Bertz CT molecular complexity index is 454. The van der Waals surface area contributed by atoms with Crippen LogP contribution in [0.5, 0.6) is 0 Å². The summed E-state index contributed by atoms with van der Waals surface area (Å²) in [5, 5.41) is 18.8. The van der Waals surface area contributed by atoms with Crippen LogP contribution >= 0.6 is 0 Å². The third kappa shape index (κ3) is 6.62. The smallest absolute Gasteiger partial charge is 0.303 e. The molecule has 2 fully saturated rings. The summed E-state index contributed by atoms with van der Waals surface area (Å²) in [5.74, 6) is 2.30. The number of aliphatic hydroxyl groups is 1. The zero-order chi connectivity index (χ0) is 18.1. The van der Waals surface area contributed by atoms with Crippen LogP contribution in [0.1, 0.15) is 77.6 Å². The van der Waals surface area contributed by atoms with Crippen molar-refractivity contribution in [3.8, 4) is 0 Å². The highest BCUT2D eigenvalue weighted by Crippen LogP contribution is 2.54. The molecule has 142 valence electrons. The summed E-state index contributed by atoms with van der Waals surface area (Å²) in [6.07, 6.45) is 20.0. The zero-order valence-electron chi connectivity index (χ0n) is 15.8. The maximum Gasteiger partial charge on any atom is 0.303 e. The van der Waals surface area contributed by atoms with Crippen LogP contribution in [0.25, 0.3) is 0 Å². The van der Waals surface area contributed by atoms with E-state index in [2.05, 4.69) is 31.2 Å². The van der Waals surface area contributed by atoms with Crippen LogP contribution < -0.4 is 0 Å². The largest absolute Gasteiger partial charge is 0.481 e. The zero-order valence-corrected chi connectivity index (χ0v) is 15.8. The van der Waals surface area contributed by atoms with Gasteiger partial charge in [0, 0.05) is 6.42 Å². The number of rotatable bonds is 12. The van der Waals surface area contributed by atoms with Crippen LogP contribution in [-0.2, 0) is 4.79 Å². The maximum atomic E-state index is 10.5. The normalized spacial score (nSPS) is 29.8. The first-order valence-electron chi connectivity index (χ1n) is 10.3. The van der Waals surface area contributed by atoms with Crippen LogP contribution in [0, 0.1) is 23.7 Å². The predicted molar refractivity (Wildman–Crippen MR) is 102 cm³/mol. The Kier molecular flexibility index (Phi) is 8.74. The van der Waals surface area contributed by atoms with Gasteiger partial charge in [0.1, 0.15) is 0 Å². The fourth-order valence-corrected chi connectivity index (χ4v) is 4.80.